The molecule has 0 spiro atoms. The first-order chi connectivity index (χ1) is 10.2. The number of aliphatic hydroxyl groups is 2. The van der Waals surface area contributed by atoms with Crippen molar-refractivity contribution in [2.24, 2.45) is 4.99 Å². The van der Waals surface area contributed by atoms with Gasteiger partial charge in [-0.3, -0.25) is 4.99 Å². The van der Waals surface area contributed by atoms with Gasteiger partial charge in [0.05, 0.1) is 6.10 Å². The van der Waals surface area contributed by atoms with E-state index in [1.54, 1.807) is 7.05 Å². The quantitative estimate of drug-likeness (QED) is 0.586. The molecule has 3 aliphatic rings. The van der Waals surface area contributed by atoms with Crippen molar-refractivity contribution in [3.63, 3.8) is 0 Å². The van der Waals surface area contributed by atoms with Crippen LogP contribution < -0.4 is 10.6 Å². The summed E-state index contributed by atoms with van der Waals surface area (Å²) in [5.41, 5.74) is -0.192. The van der Waals surface area contributed by atoms with E-state index in [9.17, 15) is 10.2 Å². The normalized spacial score (nSPS) is 40.1. The zero-order valence-electron chi connectivity index (χ0n) is 12.4. The molecule has 0 aromatic heterocycles. The van der Waals surface area contributed by atoms with Crippen molar-refractivity contribution in [2.75, 3.05) is 13.6 Å². The van der Waals surface area contributed by atoms with Crippen LogP contribution in [-0.4, -0.2) is 64.8 Å². The van der Waals surface area contributed by atoms with Crippen LogP contribution in [0.25, 0.3) is 0 Å². The number of ether oxygens (including phenoxy) is 1. The summed E-state index contributed by atoms with van der Waals surface area (Å²) in [6, 6.07) is 0.245. The molecule has 2 aliphatic heterocycles. The molecule has 7 heteroatoms. The molecule has 0 unspecified atom stereocenters. The Morgan fingerprint density at radius 3 is 2.76 bits per heavy atom. The van der Waals surface area contributed by atoms with Gasteiger partial charge < -0.3 is 25.6 Å². The Kier molecular flexibility index (Phi) is 5.06. The summed E-state index contributed by atoms with van der Waals surface area (Å²) in [4.78, 5) is 4.36. The zero-order valence-corrected chi connectivity index (χ0v) is 13.2. The molecule has 0 aromatic carbocycles. The first-order valence-corrected chi connectivity index (χ1v) is 8.74. The molecule has 5 atom stereocenters. The molecule has 1 saturated heterocycles. The van der Waals surface area contributed by atoms with E-state index in [0.29, 0.717) is 12.5 Å². The van der Waals surface area contributed by atoms with Gasteiger partial charge in [0.1, 0.15) is 23.7 Å². The summed E-state index contributed by atoms with van der Waals surface area (Å²) in [7, 11) is 1.80. The van der Waals surface area contributed by atoms with E-state index in [2.05, 4.69) is 15.6 Å². The van der Waals surface area contributed by atoms with Gasteiger partial charge in [-0.25, -0.2) is 0 Å². The average Bonchev–Trinajstić information content (AvgIpc) is 3.13. The minimum Gasteiger partial charge on any atom is -0.388 e. The molecule has 0 amide bonds. The van der Waals surface area contributed by atoms with Crippen molar-refractivity contribution in [1.29, 1.82) is 0 Å². The van der Waals surface area contributed by atoms with Crippen molar-refractivity contribution in [2.45, 2.75) is 67.9 Å². The van der Waals surface area contributed by atoms with E-state index >= 15 is 0 Å². The number of thioether (sulfide) groups is 1. The Bertz CT molecular complexity index is 390. The van der Waals surface area contributed by atoms with Crippen LogP contribution in [0.1, 0.15) is 32.1 Å². The molecule has 2 fully saturated rings. The van der Waals surface area contributed by atoms with E-state index in [1.807, 2.05) is 0 Å². The number of nitrogens with zero attached hydrogens (tertiary/aromatic N) is 1. The minimum absolute atomic E-state index is 0.192. The standard InChI is InChI=1S/C14H25N3O3S/c1-15-14-17-10-12(19)11(18)9(20-13(10)21-14)6-7-16-8-4-2-3-5-8/h8-13,16,18-19H,2-7H2,1H3,(H,15,17)/t9-,10-,11-,12-,13-/m1/s1. The van der Waals surface area contributed by atoms with Gasteiger partial charge in [0.15, 0.2) is 5.17 Å². The second kappa shape index (κ2) is 6.83. The molecule has 3 rings (SSSR count). The summed E-state index contributed by atoms with van der Waals surface area (Å²) in [5, 5.41) is 27.7. The second-order valence-corrected chi connectivity index (χ2v) is 7.13. The van der Waals surface area contributed by atoms with Crippen molar-refractivity contribution in [3.8, 4) is 0 Å². The molecule has 4 N–H and O–H groups in total. The molecule has 120 valence electrons. The van der Waals surface area contributed by atoms with Gasteiger partial charge in [0.25, 0.3) is 0 Å². The largest absolute Gasteiger partial charge is 0.388 e. The lowest BCUT2D eigenvalue weighted by atomic mass is 9.96. The smallest absolute Gasteiger partial charge is 0.159 e. The Morgan fingerprint density at radius 2 is 2.05 bits per heavy atom. The van der Waals surface area contributed by atoms with Crippen LogP contribution in [0.5, 0.6) is 0 Å². The lowest BCUT2D eigenvalue weighted by Gasteiger charge is -2.38. The van der Waals surface area contributed by atoms with Crippen molar-refractivity contribution in [3.05, 3.63) is 0 Å². The number of nitrogens with one attached hydrogen (secondary N) is 2. The summed E-state index contributed by atoms with van der Waals surface area (Å²) in [6.07, 6.45) is 3.79. The minimum atomic E-state index is -0.864. The maximum Gasteiger partial charge on any atom is 0.159 e. The molecule has 0 aromatic rings. The molecule has 6 nitrogen and oxygen atoms in total. The van der Waals surface area contributed by atoms with Crippen LogP contribution in [0, 0.1) is 0 Å². The number of hydrogen-bond donors (Lipinski definition) is 4. The number of aliphatic imine (C=N–C) groups is 1. The van der Waals surface area contributed by atoms with Gasteiger partial charge in [-0.15, -0.1) is 0 Å². The molecule has 1 saturated carbocycles. The van der Waals surface area contributed by atoms with Crippen LogP contribution in [0.4, 0.5) is 0 Å². The molecule has 2 heterocycles. The van der Waals surface area contributed by atoms with E-state index in [4.69, 9.17) is 4.74 Å². The Labute approximate surface area is 129 Å². The Hall–Kier alpha value is -0.340. The molecular weight excluding hydrogens is 290 g/mol. The SMILES string of the molecule is CNC1=N[C@@H]2[C@@H](O)[C@H](O)[C@@H](CCNC3CCCC3)O[C@@H]2S1. The molecular formula is C14H25N3O3S. The summed E-state index contributed by atoms with van der Waals surface area (Å²) in [6.45, 7) is 0.820. The number of rotatable bonds is 4. The highest BCUT2D eigenvalue weighted by atomic mass is 32.2. The molecule has 21 heavy (non-hydrogen) atoms. The highest BCUT2D eigenvalue weighted by Crippen LogP contribution is 2.36. The van der Waals surface area contributed by atoms with Gasteiger partial charge in [0, 0.05) is 13.1 Å². The van der Waals surface area contributed by atoms with Crippen LogP contribution in [-0.2, 0) is 4.74 Å². The summed E-state index contributed by atoms with van der Waals surface area (Å²) >= 11 is 1.49. The van der Waals surface area contributed by atoms with Crippen LogP contribution >= 0.6 is 11.8 Å². The van der Waals surface area contributed by atoms with E-state index in [-0.39, 0.29) is 17.6 Å². The third kappa shape index (κ3) is 3.37. The van der Waals surface area contributed by atoms with Crippen LogP contribution in [0.2, 0.25) is 0 Å². The predicted molar refractivity (Wildman–Crippen MR) is 83.4 cm³/mol. The lowest BCUT2D eigenvalue weighted by Crippen LogP contribution is -2.55. The first-order valence-electron chi connectivity index (χ1n) is 7.86. The van der Waals surface area contributed by atoms with E-state index in [0.717, 1.165) is 11.7 Å². The maximum atomic E-state index is 10.2. The number of amidine groups is 1. The maximum absolute atomic E-state index is 10.2. The van der Waals surface area contributed by atoms with Gasteiger partial charge in [0.2, 0.25) is 0 Å². The van der Waals surface area contributed by atoms with Crippen molar-refractivity contribution in [1.82, 2.24) is 10.6 Å². The molecule has 0 bridgehead atoms. The predicted octanol–water partition coefficient (Wildman–Crippen LogP) is 0.0462. The van der Waals surface area contributed by atoms with E-state index in [1.165, 1.54) is 37.4 Å². The fourth-order valence-corrected chi connectivity index (χ4v) is 4.43. The van der Waals surface area contributed by atoms with Gasteiger partial charge >= 0.3 is 0 Å². The topological polar surface area (TPSA) is 86.1 Å². The highest BCUT2D eigenvalue weighted by Gasteiger charge is 2.47. The fraction of sp³-hybridized carbons (Fsp3) is 0.929. The highest BCUT2D eigenvalue weighted by molar-refractivity contribution is 8.14. The third-order valence-electron chi connectivity index (χ3n) is 4.59. The zero-order chi connectivity index (χ0) is 14.8. The van der Waals surface area contributed by atoms with E-state index < -0.39 is 12.2 Å². The van der Waals surface area contributed by atoms with Gasteiger partial charge in [-0.2, -0.15) is 0 Å². The number of fused-ring (bicyclic) bond motifs is 1. The third-order valence-corrected chi connectivity index (χ3v) is 5.75. The van der Waals surface area contributed by atoms with Gasteiger partial charge in [-0.05, 0) is 25.8 Å². The van der Waals surface area contributed by atoms with Crippen LogP contribution in [0.3, 0.4) is 0 Å². The van der Waals surface area contributed by atoms with Gasteiger partial charge in [-0.1, -0.05) is 24.6 Å². The summed E-state index contributed by atoms with van der Waals surface area (Å²) in [5.74, 6) is 0. The second-order valence-electron chi connectivity index (χ2n) is 6.04. The first kappa shape index (κ1) is 15.6. The van der Waals surface area contributed by atoms with Crippen molar-refractivity contribution >= 4 is 16.9 Å². The molecule has 1 aliphatic carbocycles. The molecule has 0 radical (unpaired) electrons. The lowest BCUT2D eigenvalue weighted by molar-refractivity contribution is -0.154. The Morgan fingerprint density at radius 1 is 1.29 bits per heavy atom. The van der Waals surface area contributed by atoms with Crippen molar-refractivity contribution < 1.29 is 14.9 Å². The monoisotopic (exact) mass is 315 g/mol. The number of aliphatic hydroxyl groups excluding tert-OH is 2. The fourth-order valence-electron chi connectivity index (χ4n) is 3.35. The summed E-state index contributed by atoms with van der Waals surface area (Å²) < 4.78 is 5.95. The van der Waals surface area contributed by atoms with Crippen LogP contribution in [0.15, 0.2) is 4.99 Å². The average molecular weight is 315 g/mol. The Balaban J connectivity index is 1.50. The number of hydrogen-bond acceptors (Lipinski definition) is 7.